The number of nitrogens with two attached hydrogens (primary N) is 1. The number of aliphatic hydroxyl groups excluding tert-OH is 1. The Morgan fingerprint density at radius 2 is 2.32 bits per heavy atom. The lowest BCUT2D eigenvalue weighted by atomic mass is 10.1. The highest BCUT2D eigenvalue weighted by Crippen LogP contribution is 2.21. The van der Waals surface area contributed by atoms with Crippen molar-refractivity contribution in [2.24, 2.45) is 0 Å². The standard InChI is InChI=1S/C14H20N2O3/c1-9-4-3-5-12(13(9)15)14(18)16-6-11(7-17)19-8-10(16)2/h3-5,10-11,17H,6-8,15H2,1-2H3. The van der Waals surface area contributed by atoms with Crippen LogP contribution < -0.4 is 5.73 Å². The smallest absolute Gasteiger partial charge is 0.256 e. The number of hydrogen-bond donors (Lipinski definition) is 2. The van der Waals surface area contributed by atoms with E-state index in [0.717, 1.165) is 5.56 Å². The summed E-state index contributed by atoms with van der Waals surface area (Å²) in [6.07, 6.45) is -0.314. The van der Waals surface area contributed by atoms with Crippen LogP contribution in [0.4, 0.5) is 5.69 Å². The van der Waals surface area contributed by atoms with Gasteiger partial charge in [-0.2, -0.15) is 0 Å². The number of hydrogen-bond acceptors (Lipinski definition) is 4. The molecule has 0 saturated carbocycles. The number of para-hydroxylation sites is 1. The minimum absolute atomic E-state index is 0.0183. The van der Waals surface area contributed by atoms with Crippen molar-refractivity contribution in [1.29, 1.82) is 0 Å². The molecule has 1 saturated heterocycles. The largest absolute Gasteiger partial charge is 0.398 e. The zero-order chi connectivity index (χ0) is 14.0. The van der Waals surface area contributed by atoms with E-state index in [2.05, 4.69) is 0 Å². The molecule has 5 nitrogen and oxygen atoms in total. The molecular formula is C14H20N2O3. The van der Waals surface area contributed by atoms with Crippen LogP contribution in [0.15, 0.2) is 18.2 Å². The molecule has 1 aromatic rings. The molecule has 0 aliphatic carbocycles. The van der Waals surface area contributed by atoms with Gasteiger partial charge in [0.15, 0.2) is 0 Å². The average molecular weight is 264 g/mol. The number of anilines is 1. The molecule has 2 rings (SSSR count). The lowest BCUT2D eigenvalue weighted by molar-refractivity contribution is -0.0667. The van der Waals surface area contributed by atoms with Crippen molar-refractivity contribution >= 4 is 11.6 Å². The molecule has 1 heterocycles. The number of nitrogen functional groups attached to an aromatic ring is 1. The van der Waals surface area contributed by atoms with Crippen molar-refractivity contribution < 1.29 is 14.6 Å². The summed E-state index contributed by atoms with van der Waals surface area (Å²) in [6, 6.07) is 5.43. The predicted octanol–water partition coefficient (Wildman–Crippen LogP) is 0.799. The molecule has 3 N–H and O–H groups in total. The third-order valence-electron chi connectivity index (χ3n) is 3.52. The molecule has 5 heteroatoms. The van der Waals surface area contributed by atoms with Crippen LogP contribution in [-0.4, -0.2) is 47.8 Å². The molecule has 1 fully saturated rings. The van der Waals surface area contributed by atoms with E-state index in [0.29, 0.717) is 24.4 Å². The molecule has 1 aliphatic heterocycles. The highest BCUT2D eigenvalue weighted by molar-refractivity contribution is 6.00. The maximum absolute atomic E-state index is 12.6. The van der Waals surface area contributed by atoms with E-state index < -0.39 is 0 Å². The fourth-order valence-corrected chi connectivity index (χ4v) is 2.23. The van der Waals surface area contributed by atoms with E-state index in [4.69, 9.17) is 15.6 Å². The van der Waals surface area contributed by atoms with Gasteiger partial charge in [-0.25, -0.2) is 0 Å². The number of benzene rings is 1. The van der Waals surface area contributed by atoms with Crippen molar-refractivity contribution in [3.8, 4) is 0 Å². The molecule has 1 amide bonds. The van der Waals surface area contributed by atoms with Crippen LogP contribution in [0.25, 0.3) is 0 Å². The Hall–Kier alpha value is -1.59. The Balaban J connectivity index is 2.24. The van der Waals surface area contributed by atoms with Gasteiger partial charge < -0.3 is 20.5 Å². The van der Waals surface area contributed by atoms with Crippen molar-refractivity contribution in [3.05, 3.63) is 29.3 Å². The van der Waals surface area contributed by atoms with Gasteiger partial charge in [0.1, 0.15) is 0 Å². The first-order valence-electron chi connectivity index (χ1n) is 6.43. The van der Waals surface area contributed by atoms with Gasteiger partial charge in [-0.1, -0.05) is 12.1 Å². The number of carbonyl (C=O) groups is 1. The van der Waals surface area contributed by atoms with E-state index in [1.54, 1.807) is 11.0 Å². The number of aliphatic hydroxyl groups is 1. The molecule has 0 aromatic heterocycles. The second kappa shape index (κ2) is 5.59. The van der Waals surface area contributed by atoms with Gasteiger partial charge in [0, 0.05) is 12.2 Å². The normalized spacial score (nSPS) is 23.4. The van der Waals surface area contributed by atoms with Crippen LogP contribution in [0.1, 0.15) is 22.8 Å². The van der Waals surface area contributed by atoms with E-state index in [9.17, 15) is 4.79 Å². The number of amides is 1. The lowest BCUT2D eigenvalue weighted by Gasteiger charge is -2.37. The van der Waals surface area contributed by atoms with Crippen molar-refractivity contribution in [2.75, 3.05) is 25.5 Å². The second-order valence-electron chi connectivity index (χ2n) is 4.98. The zero-order valence-electron chi connectivity index (χ0n) is 11.3. The highest BCUT2D eigenvalue weighted by atomic mass is 16.5. The summed E-state index contributed by atoms with van der Waals surface area (Å²) in [5.74, 6) is -0.101. The van der Waals surface area contributed by atoms with Crippen LogP contribution in [0.2, 0.25) is 0 Å². The van der Waals surface area contributed by atoms with E-state index >= 15 is 0 Å². The maximum atomic E-state index is 12.6. The van der Waals surface area contributed by atoms with Gasteiger partial charge in [0.05, 0.1) is 30.9 Å². The molecule has 0 radical (unpaired) electrons. The van der Waals surface area contributed by atoms with Crippen LogP contribution >= 0.6 is 0 Å². The van der Waals surface area contributed by atoms with Gasteiger partial charge in [0.2, 0.25) is 0 Å². The van der Waals surface area contributed by atoms with Crippen LogP contribution in [0.5, 0.6) is 0 Å². The Labute approximate surface area is 113 Å². The summed E-state index contributed by atoms with van der Waals surface area (Å²) in [7, 11) is 0. The van der Waals surface area contributed by atoms with Crippen molar-refractivity contribution in [1.82, 2.24) is 4.90 Å². The Morgan fingerprint density at radius 3 is 3.00 bits per heavy atom. The lowest BCUT2D eigenvalue weighted by Crippen LogP contribution is -2.52. The Kier molecular flexibility index (Phi) is 4.07. The molecule has 1 aromatic carbocycles. The monoisotopic (exact) mass is 264 g/mol. The van der Waals surface area contributed by atoms with Gasteiger partial charge in [-0.15, -0.1) is 0 Å². The molecule has 2 unspecified atom stereocenters. The van der Waals surface area contributed by atoms with E-state index in [1.165, 1.54) is 0 Å². The van der Waals surface area contributed by atoms with E-state index in [1.807, 2.05) is 26.0 Å². The number of nitrogens with zero attached hydrogens (tertiary/aromatic N) is 1. The highest BCUT2D eigenvalue weighted by Gasteiger charge is 2.30. The van der Waals surface area contributed by atoms with Crippen LogP contribution in [0.3, 0.4) is 0 Å². The minimum atomic E-state index is -0.314. The third kappa shape index (κ3) is 2.72. The van der Waals surface area contributed by atoms with Crippen molar-refractivity contribution in [2.45, 2.75) is 26.0 Å². The van der Waals surface area contributed by atoms with Crippen LogP contribution in [-0.2, 0) is 4.74 Å². The summed E-state index contributed by atoms with van der Waals surface area (Å²) < 4.78 is 5.43. The number of carbonyl (C=O) groups excluding carboxylic acids is 1. The topological polar surface area (TPSA) is 75.8 Å². The first-order valence-corrected chi connectivity index (χ1v) is 6.43. The summed E-state index contributed by atoms with van der Waals surface area (Å²) in [6.45, 7) is 4.55. The quantitative estimate of drug-likeness (QED) is 0.775. The SMILES string of the molecule is Cc1cccc(C(=O)N2CC(CO)OCC2C)c1N. The fraction of sp³-hybridized carbons (Fsp3) is 0.500. The van der Waals surface area contributed by atoms with E-state index in [-0.39, 0.29) is 24.7 Å². The molecule has 1 aliphatic rings. The van der Waals surface area contributed by atoms with Crippen molar-refractivity contribution in [3.63, 3.8) is 0 Å². The third-order valence-corrected chi connectivity index (χ3v) is 3.52. The molecule has 104 valence electrons. The Bertz CT molecular complexity index is 476. The summed E-state index contributed by atoms with van der Waals surface area (Å²) in [5.41, 5.74) is 7.91. The molecule has 2 atom stereocenters. The maximum Gasteiger partial charge on any atom is 0.256 e. The van der Waals surface area contributed by atoms with Gasteiger partial charge >= 0.3 is 0 Å². The molecule has 19 heavy (non-hydrogen) atoms. The minimum Gasteiger partial charge on any atom is -0.398 e. The van der Waals surface area contributed by atoms with Crippen LogP contribution in [0, 0.1) is 6.92 Å². The Morgan fingerprint density at radius 1 is 1.58 bits per heavy atom. The second-order valence-corrected chi connectivity index (χ2v) is 4.98. The molecule has 0 bridgehead atoms. The number of rotatable bonds is 2. The predicted molar refractivity (Wildman–Crippen MR) is 72.9 cm³/mol. The summed E-state index contributed by atoms with van der Waals surface area (Å²) in [4.78, 5) is 14.3. The van der Waals surface area contributed by atoms with Gasteiger partial charge in [-0.3, -0.25) is 4.79 Å². The molecular weight excluding hydrogens is 244 g/mol. The first kappa shape index (κ1) is 13.8. The number of morpholine rings is 1. The fourth-order valence-electron chi connectivity index (χ4n) is 2.23. The van der Waals surface area contributed by atoms with Gasteiger partial charge in [-0.05, 0) is 25.5 Å². The molecule has 0 spiro atoms. The first-order chi connectivity index (χ1) is 9.04. The summed E-state index contributed by atoms with van der Waals surface area (Å²) in [5, 5.41) is 9.16. The summed E-state index contributed by atoms with van der Waals surface area (Å²) >= 11 is 0. The number of aryl methyl sites for hydroxylation is 1. The number of ether oxygens (including phenoxy) is 1. The zero-order valence-corrected chi connectivity index (χ0v) is 11.3. The average Bonchev–Trinajstić information content (AvgIpc) is 2.42. The van der Waals surface area contributed by atoms with Gasteiger partial charge in [0.25, 0.3) is 5.91 Å².